The Labute approximate surface area is 180 Å². The minimum absolute atomic E-state index is 0. The summed E-state index contributed by atoms with van der Waals surface area (Å²) in [6.45, 7) is 10.8. The molecule has 1 saturated carbocycles. The fraction of sp³-hybridized carbons (Fsp3) is 0.810. The first-order valence-electron chi connectivity index (χ1n) is 9.63. The van der Waals surface area contributed by atoms with E-state index in [4.69, 9.17) is 0 Å². The van der Waals surface area contributed by atoms with Gasteiger partial charge in [-0.1, -0.05) is 0 Å². The van der Waals surface area contributed by atoms with E-state index in [-0.39, 0.29) is 28.5 Å². The Balaban J connectivity index is 0.00000288. The van der Waals surface area contributed by atoms with Crippen LogP contribution in [0.3, 0.4) is 0 Å². The molecule has 0 heterocycles. The van der Waals surface area contributed by atoms with Crippen LogP contribution in [-0.2, 0) is 20.4 Å². The Bertz CT molecular complexity index is 476. The van der Waals surface area contributed by atoms with E-state index in [1.165, 1.54) is 45.1 Å². The van der Waals surface area contributed by atoms with Crippen molar-refractivity contribution < 1.29 is 45.2 Å². The molecule has 4 heteroatoms. The van der Waals surface area contributed by atoms with Crippen LogP contribution in [0.1, 0.15) is 66.2 Å². The first kappa shape index (κ1) is 25.7. The van der Waals surface area contributed by atoms with Crippen LogP contribution in [0.5, 0.6) is 0 Å². The molecule has 0 aromatic heterocycles. The van der Waals surface area contributed by atoms with E-state index >= 15 is 0 Å². The summed E-state index contributed by atoms with van der Waals surface area (Å²) in [6, 6.07) is 0. The molecule has 2 rings (SSSR count). The van der Waals surface area contributed by atoms with E-state index in [1.54, 1.807) is 16.7 Å². The first-order chi connectivity index (χ1) is 10.8. The molecule has 1 nitrogen and oxygen atoms in total. The zero-order valence-electron chi connectivity index (χ0n) is 17.0. The predicted octanol–water partition coefficient (Wildman–Crippen LogP) is -0.219. The van der Waals surface area contributed by atoms with Gasteiger partial charge in [0.25, 0.3) is 0 Å². The molecule has 0 radical (unpaired) electrons. The van der Waals surface area contributed by atoms with Gasteiger partial charge in [-0.3, -0.25) is 0 Å². The van der Waals surface area contributed by atoms with Gasteiger partial charge in [0, 0.05) is 0 Å². The van der Waals surface area contributed by atoms with Crippen molar-refractivity contribution in [2.75, 3.05) is 20.6 Å². The molecular formula is C21H36Cl2NTi. The van der Waals surface area contributed by atoms with Crippen molar-refractivity contribution in [3.63, 3.8) is 0 Å². The van der Waals surface area contributed by atoms with Crippen LogP contribution in [0.2, 0.25) is 3.72 Å². The minimum Gasteiger partial charge on any atom is -1.00 e. The topological polar surface area (TPSA) is 3.24 Å². The van der Waals surface area contributed by atoms with Gasteiger partial charge in [-0.25, -0.2) is 0 Å². The molecule has 2 aliphatic rings. The molecule has 0 aliphatic heterocycles. The Morgan fingerprint density at radius 2 is 1.60 bits per heavy atom. The third-order valence-corrected chi connectivity index (χ3v) is 7.01. The quantitative estimate of drug-likeness (QED) is 0.537. The second kappa shape index (κ2) is 10.9. The average Bonchev–Trinajstić information content (AvgIpc) is 2.80. The molecule has 0 bridgehead atoms. The van der Waals surface area contributed by atoms with Gasteiger partial charge in [0.2, 0.25) is 0 Å². The van der Waals surface area contributed by atoms with Gasteiger partial charge in [-0.2, -0.15) is 0 Å². The molecule has 2 aliphatic carbocycles. The van der Waals surface area contributed by atoms with E-state index < -0.39 is 0 Å². The summed E-state index contributed by atoms with van der Waals surface area (Å²) in [5.41, 5.74) is 5.21. The molecule has 0 saturated heterocycles. The van der Waals surface area contributed by atoms with Gasteiger partial charge in [-0.05, 0) is 0 Å². The van der Waals surface area contributed by atoms with Crippen molar-refractivity contribution >= 4 is 0 Å². The van der Waals surface area contributed by atoms with E-state index in [9.17, 15) is 0 Å². The van der Waals surface area contributed by atoms with Crippen molar-refractivity contribution in [1.82, 2.24) is 4.90 Å². The SMILES string of the molecule is CC(C)C1=CC(C2CCCCC2)=C(C(C)C)[C]1([Ti+2])CCN(C)C.[Cl-].[Cl-]. The largest absolute Gasteiger partial charge is 1.00 e. The molecule has 1 atom stereocenters. The Morgan fingerprint density at radius 3 is 2.04 bits per heavy atom. The maximum absolute atomic E-state index is 2.64. The van der Waals surface area contributed by atoms with Gasteiger partial charge in [-0.15, -0.1) is 0 Å². The minimum atomic E-state index is 0. The van der Waals surface area contributed by atoms with Crippen LogP contribution in [0.15, 0.2) is 22.8 Å². The second-order valence-corrected chi connectivity index (χ2v) is 9.90. The van der Waals surface area contributed by atoms with E-state index in [0.29, 0.717) is 11.8 Å². The number of hydrogen-bond donors (Lipinski definition) is 0. The summed E-state index contributed by atoms with van der Waals surface area (Å²) in [5, 5.41) is 0. The van der Waals surface area contributed by atoms with Crippen molar-refractivity contribution in [2.24, 2.45) is 17.8 Å². The van der Waals surface area contributed by atoms with Crippen molar-refractivity contribution in [1.29, 1.82) is 0 Å². The normalized spacial score (nSPS) is 24.7. The van der Waals surface area contributed by atoms with Crippen LogP contribution < -0.4 is 24.8 Å². The molecule has 25 heavy (non-hydrogen) atoms. The standard InChI is InChI=1S/C21H36N.2ClH.Ti/c1-15(2)19-14-20(17-10-8-7-9-11-17)21(16(3)4)18(19)12-13-22(5)6;;;/h14-17H,7-13H2,1-6H3;2*1H;/q;;;+2/p-2. The third-order valence-electron chi connectivity index (χ3n) is 5.75. The summed E-state index contributed by atoms with van der Waals surface area (Å²) in [5.74, 6) is 2.14. The smallest absolute Gasteiger partial charge is 1.00 e. The molecule has 0 N–H and O–H groups in total. The fourth-order valence-corrected chi connectivity index (χ4v) is 6.09. The molecule has 0 aromatic rings. The summed E-state index contributed by atoms with van der Waals surface area (Å²) in [4.78, 5) is 2.35. The zero-order valence-corrected chi connectivity index (χ0v) is 20.0. The molecule has 0 spiro atoms. The number of nitrogens with zero attached hydrogens (tertiary/aromatic N) is 1. The molecule has 143 valence electrons. The summed E-state index contributed by atoms with van der Waals surface area (Å²) < 4.78 is 0.277. The Morgan fingerprint density at radius 1 is 1.04 bits per heavy atom. The fourth-order valence-electron chi connectivity index (χ4n) is 4.68. The molecule has 1 fully saturated rings. The van der Waals surface area contributed by atoms with Crippen LogP contribution in [0.25, 0.3) is 0 Å². The molecular weight excluding hydrogens is 385 g/mol. The number of hydrogen-bond acceptors (Lipinski definition) is 1. The second-order valence-electron chi connectivity index (χ2n) is 8.57. The van der Waals surface area contributed by atoms with Crippen LogP contribution in [0, 0.1) is 17.8 Å². The number of rotatable bonds is 6. The monoisotopic (exact) mass is 420 g/mol. The van der Waals surface area contributed by atoms with Gasteiger partial charge in [0.15, 0.2) is 0 Å². The maximum atomic E-state index is 2.64. The van der Waals surface area contributed by atoms with Crippen LogP contribution >= 0.6 is 0 Å². The van der Waals surface area contributed by atoms with Crippen molar-refractivity contribution in [3.8, 4) is 0 Å². The molecule has 0 amide bonds. The summed E-state index contributed by atoms with van der Waals surface area (Å²) >= 11 is 2.54. The third kappa shape index (κ3) is 5.85. The van der Waals surface area contributed by atoms with E-state index in [2.05, 4.69) is 73.2 Å². The Hall–Kier alpha value is 0.734. The predicted molar refractivity (Wildman–Crippen MR) is 97.2 cm³/mol. The zero-order chi connectivity index (χ0) is 17.2. The summed E-state index contributed by atoms with van der Waals surface area (Å²) in [6.07, 6.45) is 11.0. The van der Waals surface area contributed by atoms with Crippen LogP contribution in [0.4, 0.5) is 0 Å². The summed E-state index contributed by atoms with van der Waals surface area (Å²) in [7, 11) is 4.41. The van der Waals surface area contributed by atoms with Crippen molar-refractivity contribution in [2.45, 2.75) is 69.9 Å². The number of halogens is 2. The number of allylic oxidation sites excluding steroid dienone is 4. The van der Waals surface area contributed by atoms with E-state index in [0.717, 1.165) is 5.92 Å². The van der Waals surface area contributed by atoms with Crippen molar-refractivity contribution in [3.05, 3.63) is 22.8 Å². The van der Waals surface area contributed by atoms with E-state index in [1.807, 2.05) is 0 Å². The van der Waals surface area contributed by atoms with Crippen LogP contribution in [-0.4, -0.2) is 25.5 Å². The van der Waals surface area contributed by atoms with Gasteiger partial charge in [0.05, 0.1) is 0 Å². The molecule has 0 aromatic carbocycles. The van der Waals surface area contributed by atoms with Gasteiger partial charge >= 0.3 is 156 Å². The average molecular weight is 421 g/mol. The van der Waals surface area contributed by atoms with Gasteiger partial charge in [0.1, 0.15) is 0 Å². The Kier molecular flexibility index (Phi) is 11.2. The maximum Gasteiger partial charge on any atom is -1.00 e. The first-order valence-corrected chi connectivity index (χ1v) is 10.4. The van der Waals surface area contributed by atoms with Gasteiger partial charge < -0.3 is 24.8 Å². The molecule has 1 unspecified atom stereocenters.